The number of halogens is 1. The Hall–Kier alpha value is -2.10. The SMILES string of the molecule is CO/C=C(/C)[C@H]1[C@@H]2C[C@@H](Oc3ccnc4ccc(F)cc34)C[C@@H]21. The van der Waals surface area contributed by atoms with Crippen LogP contribution in [0, 0.1) is 23.6 Å². The molecule has 2 aliphatic rings. The zero-order chi connectivity index (χ0) is 16.0. The standard InChI is InChI=1S/C19H20FNO2/c1-11(10-22-2)19-14-8-13(9-15(14)19)23-18-5-6-21-17-4-3-12(20)7-16(17)18/h3-7,10,13-15,19H,8-9H2,1-2H3/b11-10-/t13-,14-,15+,19+. The van der Waals surface area contributed by atoms with Gasteiger partial charge in [-0.25, -0.2) is 4.39 Å². The van der Waals surface area contributed by atoms with Crippen LogP contribution in [-0.4, -0.2) is 18.2 Å². The Bertz CT molecular complexity index is 761. The van der Waals surface area contributed by atoms with E-state index < -0.39 is 0 Å². The van der Waals surface area contributed by atoms with Gasteiger partial charge in [0, 0.05) is 11.6 Å². The molecule has 0 amide bonds. The van der Waals surface area contributed by atoms with Crippen molar-refractivity contribution in [3.63, 3.8) is 0 Å². The Morgan fingerprint density at radius 2 is 2.04 bits per heavy atom. The summed E-state index contributed by atoms with van der Waals surface area (Å²) in [5.41, 5.74) is 2.10. The minimum atomic E-state index is -0.259. The Morgan fingerprint density at radius 1 is 1.26 bits per heavy atom. The van der Waals surface area contributed by atoms with Crippen LogP contribution in [0.15, 0.2) is 42.3 Å². The van der Waals surface area contributed by atoms with Gasteiger partial charge >= 0.3 is 0 Å². The average Bonchev–Trinajstić information content (AvgIpc) is 3.05. The van der Waals surface area contributed by atoms with Crippen molar-refractivity contribution in [2.75, 3.05) is 7.11 Å². The van der Waals surface area contributed by atoms with Crippen molar-refractivity contribution in [3.05, 3.63) is 48.1 Å². The number of pyridine rings is 1. The Kier molecular flexibility index (Phi) is 3.47. The van der Waals surface area contributed by atoms with Gasteiger partial charge in [-0.1, -0.05) is 0 Å². The number of aromatic nitrogens is 1. The molecule has 0 bridgehead atoms. The Labute approximate surface area is 135 Å². The Balaban J connectivity index is 1.48. The molecule has 1 heterocycles. The fourth-order valence-electron chi connectivity index (χ4n) is 4.20. The van der Waals surface area contributed by atoms with Crippen LogP contribution in [0.25, 0.3) is 10.9 Å². The van der Waals surface area contributed by atoms with Crippen LogP contribution in [0.2, 0.25) is 0 Å². The molecule has 2 saturated carbocycles. The smallest absolute Gasteiger partial charge is 0.130 e. The van der Waals surface area contributed by atoms with E-state index in [2.05, 4.69) is 11.9 Å². The van der Waals surface area contributed by atoms with Crippen molar-refractivity contribution in [2.24, 2.45) is 17.8 Å². The number of hydrogen-bond acceptors (Lipinski definition) is 3. The van der Waals surface area contributed by atoms with Crippen LogP contribution >= 0.6 is 0 Å². The molecule has 2 aliphatic carbocycles. The molecule has 4 atom stereocenters. The molecule has 4 heteroatoms. The largest absolute Gasteiger partial charge is 0.504 e. The highest BCUT2D eigenvalue weighted by Crippen LogP contribution is 2.61. The van der Waals surface area contributed by atoms with Crippen molar-refractivity contribution in [2.45, 2.75) is 25.9 Å². The van der Waals surface area contributed by atoms with E-state index in [4.69, 9.17) is 9.47 Å². The summed E-state index contributed by atoms with van der Waals surface area (Å²) in [6, 6.07) is 6.46. The van der Waals surface area contributed by atoms with Crippen LogP contribution in [0.1, 0.15) is 19.8 Å². The second kappa shape index (κ2) is 5.52. The molecular formula is C19H20FNO2. The van der Waals surface area contributed by atoms with Crippen molar-refractivity contribution in [3.8, 4) is 5.75 Å². The lowest BCUT2D eigenvalue weighted by Crippen LogP contribution is -2.16. The van der Waals surface area contributed by atoms with E-state index in [0.29, 0.717) is 17.8 Å². The summed E-state index contributed by atoms with van der Waals surface area (Å²) in [6.45, 7) is 2.14. The second-order valence-electron chi connectivity index (χ2n) is 6.63. The second-order valence-corrected chi connectivity index (χ2v) is 6.63. The zero-order valence-corrected chi connectivity index (χ0v) is 13.3. The highest BCUT2D eigenvalue weighted by molar-refractivity contribution is 5.84. The molecule has 0 unspecified atom stereocenters. The minimum Gasteiger partial charge on any atom is -0.504 e. The number of methoxy groups -OCH3 is 1. The van der Waals surface area contributed by atoms with Gasteiger partial charge in [0.05, 0.1) is 25.0 Å². The summed E-state index contributed by atoms with van der Waals surface area (Å²) < 4.78 is 24.8. The van der Waals surface area contributed by atoms with Crippen LogP contribution in [-0.2, 0) is 4.74 Å². The number of fused-ring (bicyclic) bond motifs is 2. The third kappa shape index (κ3) is 2.56. The third-order valence-corrected chi connectivity index (χ3v) is 5.19. The molecule has 0 saturated heterocycles. The molecule has 0 aliphatic heterocycles. The van der Waals surface area contributed by atoms with Crippen molar-refractivity contribution in [1.82, 2.24) is 4.98 Å². The molecule has 0 N–H and O–H groups in total. The predicted molar refractivity (Wildman–Crippen MR) is 86.6 cm³/mol. The van der Waals surface area contributed by atoms with Gasteiger partial charge in [-0.2, -0.15) is 0 Å². The zero-order valence-electron chi connectivity index (χ0n) is 13.3. The maximum Gasteiger partial charge on any atom is 0.130 e. The number of nitrogens with zero attached hydrogens (tertiary/aromatic N) is 1. The summed E-state index contributed by atoms with van der Waals surface area (Å²) in [7, 11) is 1.70. The average molecular weight is 313 g/mol. The first-order valence-electron chi connectivity index (χ1n) is 8.07. The lowest BCUT2D eigenvalue weighted by molar-refractivity contribution is 0.191. The molecule has 3 nitrogen and oxygen atoms in total. The van der Waals surface area contributed by atoms with E-state index in [1.54, 1.807) is 19.4 Å². The Morgan fingerprint density at radius 3 is 2.78 bits per heavy atom. The molecule has 120 valence electrons. The van der Waals surface area contributed by atoms with E-state index in [1.807, 2.05) is 12.3 Å². The molecule has 2 aromatic rings. The monoisotopic (exact) mass is 313 g/mol. The maximum absolute atomic E-state index is 13.5. The van der Waals surface area contributed by atoms with Gasteiger partial charge in [0.15, 0.2) is 0 Å². The summed E-state index contributed by atoms with van der Waals surface area (Å²) in [5.74, 6) is 2.54. The third-order valence-electron chi connectivity index (χ3n) is 5.19. The van der Waals surface area contributed by atoms with E-state index in [0.717, 1.165) is 29.5 Å². The summed E-state index contributed by atoms with van der Waals surface area (Å²) in [4.78, 5) is 4.27. The van der Waals surface area contributed by atoms with Crippen molar-refractivity contribution < 1.29 is 13.9 Å². The number of hydrogen-bond donors (Lipinski definition) is 0. The van der Waals surface area contributed by atoms with E-state index in [1.165, 1.54) is 17.7 Å². The maximum atomic E-state index is 13.5. The summed E-state index contributed by atoms with van der Waals surface area (Å²) in [6.07, 6.45) is 5.91. The van der Waals surface area contributed by atoms with Crippen LogP contribution in [0.4, 0.5) is 4.39 Å². The van der Waals surface area contributed by atoms with Gasteiger partial charge in [-0.05, 0) is 67.4 Å². The predicted octanol–water partition coefficient (Wildman–Crippen LogP) is 4.33. The number of rotatable bonds is 4. The van der Waals surface area contributed by atoms with Crippen LogP contribution in [0.5, 0.6) is 5.75 Å². The number of ether oxygens (including phenoxy) is 2. The van der Waals surface area contributed by atoms with Gasteiger partial charge in [-0.3, -0.25) is 4.98 Å². The first kappa shape index (κ1) is 14.5. The topological polar surface area (TPSA) is 31.4 Å². The van der Waals surface area contributed by atoms with Gasteiger partial charge in [0.2, 0.25) is 0 Å². The molecule has 1 aromatic carbocycles. The number of allylic oxidation sites excluding steroid dienone is 1. The van der Waals surface area contributed by atoms with Gasteiger partial charge in [0.1, 0.15) is 11.6 Å². The number of benzene rings is 1. The first-order chi connectivity index (χ1) is 11.2. The lowest BCUT2D eigenvalue weighted by atomic mass is 10.0. The lowest BCUT2D eigenvalue weighted by Gasteiger charge is -2.18. The summed E-state index contributed by atoms with van der Waals surface area (Å²) >= 11 is 0. The van der Waals surface area contributed by atoms with Gasteiger partial charge in [-0.15, -0.1) is 0 Å². The van der Waals surface area contributed by atoms with Gasteiger partial charge in [0.25, 0.3) is 0 Å². The van der Waals surface area contributed by atoms with Crippen LogP contribution < -0.4 is 4.74 Å². The first-order valence-corrected chi connectivity index (χ1v) is 8.07. The molecule has 4 rings (SSSR count). The molecule has 0 spiro atoms. The summed E-state index contributed by atoms with van der Waals surface area (Å²) in [5, 5.41) is 0.750. The van der Waals surface area contributed by atoms with E-state index >= 15 is 0 Å². The van der Waals surface area contributed by atoms with Crippen molar-refractivity contribution in [1.29, 1.82) is 0 Å². The molecule has 23 heavy (non-hydrogen) atoms. The highest BCUT2D eigenvalue weighted by Gasteiger charge is 2.57. The molecule has 1 aromatic heterocycles. The molecule has 2 fully saturated rings. The highest BCUT2D eigenvalue weighted by atomic mass is 19.1. The van der Waals surface area contributed by atoms with Crippen LogP contribution in [0.3, 0.4) is 0 Å². The minimum absolute atomic E-state index is 0.213. The quantitative estimate of drug-likeness (QED) is 0.787. The molecular weight excluding hydrogens is 293 g/mol. The van der Waals surface area contributed by atoms with Crippen molar-refractivity contribution >= 4 is 10.9 Å². The fraction of sp³-hybridized carbons (Fsp3) is 0.421. The van der Waals surface area contributed by atoms with E-state index in [-0.39, 0.29) is 11.9 Å². The normalized spacial score (nSPS) is 29.4. The van der Waals surface area contributed by atoms with E-state index in [9.17, 15) is 4.39 Å². The fourth-order valence-corrected chi connectivity index (χ4v) is 4.20. The molecule has 0 radical (unpaired) electrons. The van der Waals surface area contributed by atoms with Gasteiger partial charge < -0.3 is 9.47 Å².